The molecule has 2 rings (SSSR count). The van der Waals surface area contributed by atoms with E-state index >= 15 is 0 Å². The second-order valence-corrected chi connectivity index (χ2v) is 4.32. The van der Waals surface area contributed by atoms with Crippen LogP contribution >= 0.6 is 11.6 Å². The van der Waals surface area contributed by atoms with Crippen molar-refractivity contribution in [1.29, 1.82) is 0 Å². The molecule has 7 heteroatoms. The summed E-state index contributed by atoms with van der Waals surface area (Å²) in [5.74, 6) is 0.758. The van der Waals surface area contributed by atoms with Crippen LogP contribution in [0.2, 0.25) is 5.02 Å². The van der Waals surface area contributed by atoms with E-state index < -0.39 is 0 Å². The summed E-state index contributed by atoms with van der Waals surface area (Å²) in [6.07, 6.45) is 3.22. The van der Waals surface area contributed by atoms with Gasteiger partial charge in [-0.2, -0.15) is 5.10 Å². The molecular formula is C12H14ClN5O. The molecule has 2 N–H and O–H groups in total. The molecule has 0 unspecified atom stereocenters. The molecule has 0 fully saturated rings. The highest BCUT2D eigenvalue weighted by Crippen LogP contribution is 2.20. The summed E-state index contributed by atoms with van der Waals surface area (Å²) in [7, 11) is 1.78. The van der Waals surface area contributed by atoms with Gasteiger partial charge in [0, 0.05) is 32.1 Å². The topological polar surface area (TPSA) is 71.8 Å². The van der Waals surface area contributed by atoms with Crippen LogP contribution in [0.3, 0.4) is 0 Å². The minimum atomic E-state index is -0.295. The second kappa shape index (κ2) is 5.71. The van der Waals surface area contributed by atoms with Gasteiger partial charge in [0.2, 0.25) is 0 Å². The van der Waals surface area contributed by atoms with Gasteiger partial charge in [-0.25, -0.2) is 4.98 Å². The van der Waals surface area contributed by atoms with Crippen LogP contribution in [-0.2, 0) is 7.05 Å². The van der Waals surface area contributed by atoms with E-state index in [2.05, 4.69) is 20.7 Å². The molecule has 0 aliphatic carbocycles. The van der Waals surface area contributed by atoms with E-state index in [0.29, 0.717) is 28.8 Å². The molecule has 0 saturated heterocycles. The molecule has 0 spiro atoms. The molecule has 0 bridgehead atoms. The Morgan fingerprint density at radius 2 is 2.32 bits per heavy atom. The smallest absolute Gasteiger partial charge is 0.258 e. The molecule has 0 aliphatic heterocycles. The Balaban J connectivity index is 2.13. The van der Waals surface area contributed by atoms with E-state index in [1.165, 1.54) is 6.20 Å². The van der Waals surface area contributed by atoms with E-state index in [1.54, 1.807) is 30.1 Å². The number of halogens is 1. The second-order valence-electron chi connectivity index (χ2n) is 3.91. The molecule has 0 radical (unpaired) electrons. The third-order valence-corrected chi connectivity index (χ3v) is 2.69. The van der Waals surface area contributed by atoms with E-state index in [9.17, 15) is 4.79 Å². The first-order valence-electron chi connectivity index (χ1n) is 5.80. The molecule has 100 valence electrons. The third kappa shape index (κ3) is 3.23. The average Bonchev–Trinajstić information content (AvgIpc) is 2.77. The number of aryl methyl sites for hydroxylation is 1. The first-order chi connectivity index (χ1) is 9.10. The fourth-order valence-electron chi connectivity index (χ4n) is 1.53. The maximum atomic E-state index is 12.0. The monoisotopic (exact) mass is 279 g/mol. The maximum Gasteiger partial charge on any atom is 0.258 e. The van der Waals surface area contributed by atoms with Crippen molar-refractivity contribution in [3.63, 3.8) is 0 Å². The van der Waals surface area contributed by atoms with Crippen molar-refractivity contribution < 1.29 is 4.79 Å². The Morgan fingerprint density at radius 1 is 1.53 bits per heavy atom. The summed E-state index contributed by atoms with van der Waals surface area (Å²) in [6, 6.07) is 3.28. The molecule has 0 aromatic carbocycles. The minimum absolute atomic E-state index is 0.295. The summed E-state index contributed by atoms with van der Waals surface area (Å²) in [4.78, 5) is 16.1. The van der Waals surface area contributed by atoms with Crippen molar-refractivity contribution in [2.24, 2.45) is 7.05 Å². The highest BCUT2D eigenvalue weighted by molar-refractivity contribution is 6.33. The summed E-state index contributed by atoms with van der Waals surface area (Å²) in [5.41, 5.74) is 0.386. The van der Waals surface area contributed by atoms with Crippen LogP contribution < -0.4 is 10.6 Å². The Kier molecular flexibility index (Phi) is 4.01. The van der Waals surface area contributed by atoms with Crippen LogP contribution in [0.1, 0.15) is 17.3 Å². The van der Waals surface area contributed by atoms with Crippen molar-refractivity contribution >= 4 is 29.1 Å². The summed E-state index contributed by atoms with van der Waals surface area (Å²) >= 11 is 6.03. The minimum Gasteiger partial charge on any atom is -0.369 e. The number of hydrogen-bond acceptors (Lipinski definition) is 4. The molecule has 19 heavy (non-hydrogen) atoms. The Hall–Kier alpha value is -2.08. The number of anilines is 2. The first kappa shape index (κ1) is 13.4. The van der Waals surface area contributed by atoms with Crippen LogP contribution in [0.25, 0.3) is 0 Å². The standard InChI is InChI=1S/C12H14ClN5O/c1-3-14-11-9(13)6-8(7-15-11)12(19)16-10-4-5-18(2)17-10/h4-7H,3H2,1-2H3,(H,14,15)(H,16,17,19). The van der Waals surface area contributed by atoms with Crippen molar-refractivity contribution in [3.05, 3.63) is 35.1 Å². The predicted molar refractivity (Wildman–Crippen MR) is 74.6 cm³/mol. The number of nitrogens with zero attached hydrogens (tertiary/aromatic N) is 3. The van der Waals surface area contributed by atoms with Gasteiger partial charge in [0.15, 0.2) is 5.82 Å². The quantitative estimate of drug-likeness (QED) is 0.899. The fraction of sp³-hybridized carbons (Fsp3) is 0.250. The fourth-order valence-corrected chi connectivity index (χ4v) is 1.76. The summed E-state index contributed by atoms with van der Waals surface area (Å²) in [6.45, 7) is 2.66. The lowest BCUT2D eigenvalue weighted by Crippen LogP contribution is -2.13. The van der Waals surface area contributed by atoms with Gasteiger partial charge in [0.1, 0.15) is 5.82 Å². The molecule has 6 nitrogen and oxygen atoms in total. The molecule has 1 amide bonds. The lowest BCUT2D eigenvalue weighted by Gasteiger charge is -2.06. The van der Waals surface area contributed by atoms with Crippen molar-refractivity contribution in [1.82, 2.24) is 14.8 Å². The van der Waals surface area contributed by atoms with Gasteiger partial charge in [-0.05, 0) is 13.0 Å². The number of amides is 1. The predicted octanol–water partition coefficient (Wildman–Crippen LogP) is 2.15. The normalized spacial score (nSPS) is 10.3. The van der Waals surface area contributed by atoms with Crippen molar-refractivity contribution in [2.75, 3.05) is 17.2 Å². The Labute approximate surface area is 115 Å². The van der Waals surface area contributed by atoms with Gasteiger partial charge in [-0.3, -0.25) is 9.48 Å². The van der Waals surface area contributed by atoms with Gasteiger partial charge in [-0.15, -0.1) is 0 Å². The van der Waals surface area contributed by atoms with Gasteiger partial charge in [-0.1, -0.05) is 11.6 Å². The number of carbonyl (C=O) groups is 1. The molecule has 2 heterocycles. The van der Waals surface area contributed by atoms with Gasteiger partial charge >= 0.3 is 0 Å². The largest absolute Gasteiger partial charge is 0.369 e. The van der Waals surface area contributed by atoms with E-state index in [-0.39, 0.29) is 5.91 Å². The highest BCUT2D eigenvalue weighted by atomic mass is 35.5. The van der Waals surface area contributed by atoms with Gasteiger partial charge < -0.3 is 10.6 Å². The first-order valence-corrected chi connectivity index (χ1v) is 6.18. The number of rotatable bonds is 4. The zero-order valence-corrected chi connectivity index (χ0v) is 11.4. The van der Waals surface area contributed by atoms with Crippen molar-refractivity contribution in [3.8, 4) is 0 Å². The Bertz CT molecular complexity index is 596. The number of hydrogen-bond donors (Lipinski definition) is 2. The van der Waals surface area contributed by atoms with Crippen molar-refractivity contribution in [2.45, 2.75) is 6.92 Å². The van der Waals surface area contributed by atoms with E-state index in [1.807, 2.05) is 6.92 Å². The number of nitrogens with one attached hydrogen (secondary N) is 2. The molecule has 0 atom stereocenters. The molecule has 2 aromatic heterocycles. The third-order valence-electron chi connectivity index (χ3n) is 2.40. The molecule has 2 aromatic rings. The lowest BCUT2D eigenvalue weighted by molar-refractivity contribution is 0.102. The zero-order chi connectivity index (χ0) is 13.8. The maximum absolute atomic E-state index is 12.0. The van der Waals surface area contributed by atoms with E-state index in [0.717, 1.165) is 0 Å². The average molecular weight is 280 g/mol. The number of aromatic nitrogens is 3. The number of carbonyl (C=O) groups excluding carboxylic acids is 1. The van der Waals surface area contributed by atoms with Crippen LogP contribution in [0, 0.1) is 0 Å². The van der Waals surface area contributed by atoms with Crippen LogP contribution in [0.5, 0.6) is 0 Å². The lowest BCUT2D eigenvalue weighted by atomic mass is 10.2. The number of pyridine rings is 1. The van der Waals surface area contributed by atoms with Gasteiger partial charge in [0.05, 0.1) is 10.6 Å². The Morgan fingerprint density at radius 3 is 2.89 bits per heavy atom. The van der Waals surface area contributed by atoms with Crippen LogP contribution in [0.15, 0.2) is 24.5 Å². The van der Waals surface area contributed by atoms with Crippen LogP contribution in [0.4, 0.5) is 11.6 Å². The van der Waals surface area contributed by atoms with Crippen LogP contribution in [-0.4, -0.2) is 27.2 Å². The van der Waals surface area contributed by atoms with Gasteiger partial charge in [0.25, 0.3) is 5.91 Å². The molecular weight excluding hydrogens is 266 g/mol. The highest BCUT2D eigenvalue weighted by Gasteiger charge is 2.11. The summed E-state index contributed by atoms with van der Waals surface area (Å²) in [5, 5.41) is 10.1. The SMILES string of the molecule is CCNc1ncc(C(=O)Nc2ccn(C)n2)cc1Cl. The summed E-state index contributed by atoms with van der Waals surface area (Å²) < 4.78 is 1.61. The molecule has 0 saturated carbocycles. The molecule has 0 aliphatic rings. The van der Waals surface area contributed by atoms with E-state index in [4.69, 9.17) is 11.6 Å². The zero-order valence-electron chi connectivity index (χ0n) is 10.6.